The highest BCUT2D eigenvalue weighted by Crippen LogP contribution is 2.21. The van der Waals surface area contributed by atoms with Gasteiger partial charge in [0, 0.05) is 19.8 Å². The number of anilines is 1. The maximum Gasteiger partial charge on any atom is 0.322 e. The Morgan fingerprint density at radius 2 is 1.90 bits per heavy atom. The minimum Gasteiger partial charge on any atom is -0.494 e. The average Bonchev–Trinajstić information content (AvgIpc) is 2.79. The first-order chi connectivity index (χ1) is 15.0. The number of hydrogen-bond donors (Lipinski definition) is 1. The molecule has 3 aromatic rings. The Morgan fingerprint density at radius 1 is 1.19 bits per heavy atom. The lowest BCUT2D eigenvalue weighted by atomic mass is 10.2. The number of carbonyl (C=O) groups excluding carboxylic acids is 1. The number of fused-ring (bicyclic) bond motifs is 1. The first-order valence-electron chi connectivity index (χ1n) is 10.2. The van der Waals surface area contributed by atoms with Gasteiger partial charge in [-0.15, -0.1) is 0 Å². The Labute approximate surface area is 181 Å². The van der Waals surface area contributed by atoms with E-state index in [1.165, 1.54) is 4.90 Å². The molecule has 1 atom stereocenters. The van der Waals surface area contributed by atoms with Crippen molar-refractivity contribution in [3.05, 3.63) is 64.7 Å². The second-order valence-corrected chi connectivity index (χ2v) is 7.11. The first-order valence-corrected chi connectivity index (χ1v) is 10.2. The number of nitrogens with one attached hydrogen (secondary N) is 1. The number of ether oxygens (including phenoxy) is 2. The number of para-hydroxylation sites is 1. The average molecular weight is 425 g/mol. The predicted molar refractivity (Wildman–Crippen MR) is 121 cm³/mol. The number of methoxy groups -OCH3 is 1. The lowest BCUT2D eigenvalue weighted by molar-refractivity contribution is 0.180. The van der Waals surface area contributed by atoms with E-state index in [0.29, 0.717) is 42.2 Å². The van der Waals surface area contributed by atoms with Gasteiger partial charge < -0.3 is 19.7 Å². The second kappa shape index (κ2) is 10.1. The van der Waals surface area contributed by atoms with E-state index in [1.54, 1.807) is 55.1 Å². The first kappa shape index (κ1) is 22.3. The fourth-order valence-electron chi connectivity index (χ4n) is 3.26. The maximum absolute atomic E-state index is 13.1. The van der Waals surface area contributed by atoms with Gasteiger partial charge in [-0.3, -0.25) is 9.36 Å². The van der Waals surface area contributed by atoms with E-state index < -0.39 is 6.04 Å². The number of benzene rings is 2. The summed E-state index contributed by atoms with van der Waals surface area (Å²) >= 11 is 0. The second-order valence-electron chi connectivity index (χ2n) is 7.11. The highest BCUT2D eigenvalue weighted by molar-refractivity contribution is 5.89. The van der Waals surface area contributed by atoms with E-state index >= 15 is 0 Å². The zero-order chi connectivity index (χ0) is 22.4. The molecule has 3 rings (SSSR count). The van der Waals surface area contributed by atoms with Gasteiger partial charge in [-0.1, -0.05) is 12.1 Å². The molecule has 0 bridgehead atoms. The van der Waals surface area contributed by atoms with Gasteiger partial charge >= 0.3 is 6.03 Å². The van der Waals surface area contributed by atoms with Crippen molar-refractivity contribution >= 4 is 22.6 Å². The summed E-state index contributed by atoms with van der Waals surface area (Å²) < 4.78 is 12.2. The molecule has 2 amide bonds. The number of rotatable bonds is 8. The van der Waals surface area contributed by atoms with Crippen molar-refractivity contribution in [3.63, 3.8) is 0 Å². The third-order valence-corrected chi connectivity index (χ3v) is 5.10. The van der Waals surface area contributed by atoms with Crippen LogP contribution in [0.2, 0.25) is 0 Å². The fraction of sp³-hybridized carbons (Fsp3) is 0.348. The van der Waals surface area contributed by atoms with Crippen LogP contribution in [0.3, 0.4) is 0 Å². The van der Waals surface area contributed by atoms with Crippen molar-refractivity contribution in [2.45, 2.75) is 26.4 Å². The molecule has 8 nitrogen and oxygen atoms in total. The number of amides is 2. The Hall–Kier alpha value is -3.39. The molecule has 0 aliphatic heterocycles. The Morgan fingerprint density at radius 3 is 2.58 bits per heavy atom. The van der Waals surface area contributed by atoms with Crippen molar-refractivity contribution < 1.29 is 14.3 Å². The van der Waals surface area contributed by atoms with Crippen LogP contribution in [0.1, 0.15) is 25.7 Å². The van der Waals surface area contributed by atoms with E-state index in [2.05, 4.69) is 5.32 Å². The van der Waals surface area contributed by atoms with Crippen LogP contribution in [0.5, 0.6) is 5.75 Å². The molecular formula is C23H28N4O4. The molecule has 0 spiro atoms. The molecule has 0 saturated heterocycles. The van der Waals surface area contributed by atoms with E-state index in [4.69, 9.17) is 14.5 Å². The SMILES string of the molecule is CCOc1ccc(NC(=O)N(C)C(C)c2nc3ccccc3c(=O)n2CCOC)cc1. The van der Waals surface area contributed by atoms with Gasteiger partial charge in [-0.05, 0) is 50.2 Å². The molecule has 164 valence electrons. The van der Waals surface area contributed by atoms with Gasteiger partial charge in [0.1, 0.15) is 11.6 Å². The van der Waals surface area contributed by atoms with Crippen LogP contribution in [-0.4, -0.2) is 47.9 Å². The zero-order valence-electron chi connectivity index (χ0n) is 18.3. The topological polar surface area (TPSA) is 85.7 Å². The molecule has 0 fully saturated rings. The van der Waals surface area contributed by atoms with Gasteiger partial charge in [0.05, 0.1) is 36.7 Å². The van der Waals surface area contributed by atoms with Crippen LogP contribution in [0.25, 0.3) is 10.9 Å². The van der Waals surface area contributed by atoms with E-state index in [1.807, 2.05) is 26.0 Å². The minimum absolute atomic E-state index is 0.148. The summed E-state index contributed by atoms with van der Waals surface area (Å²) in [4.78, 5) is 32.1. The molecule has 2 aromatic carbocycles. The standard InChI is InChI=1S/C23H28N4O4/c1-5-31-18-12-10-17(11-13-18)24-23(29)26(3)16(2)21-25-20-9-7-6-8-19(20)22(28)27(21)14-15-30-4/h6-13,16H,5,14-15H2,1-4H3,(H,24,29). The molecule has 0 saturated carbocycles. The molecule has 1 unspecified atom stereocenters. The summed E-state index contributed by atoms with van der Waals surface area (Å²) in [5, 5.41) is 3.41. The lowest BCUT2D eigenvalue weighted by Gasteiger charge is -2.27. The van der Waals surface area contributed by atoms with Crippen LogP contribution in [0.4, 0.5) is 10.5 Å². The third kappa shape index (κ3) is 5.03. The molecule has 31 heavy (non-hydrogen) atoms. The lowest BCUT2D eigenvalue weighted by Crippen LogP contribution is -2.38. The number of nitrogens with zero attached hydrogens (tertiary/aromatic N) is 3. The smallest absolute Gasteiger partial charge is 0.322 e. The molecule has 1 N–H and O–H groups in total. The molecule has 0 radical (unpaired) electrons. The summed E-state index contributed by atoms with van der Waals surface area (Å²) in [7, 11) is 3.26. The maximum atomic E-state index is 13.1. The zero-order valence-corrected chi connectivity index (χ0v) is 18.3. The van der Waals surface area contributed by atoms with E-state index in [9.17, 15) is 9.59 Å². The highest BCUT2D eigenvalue weighted by atomic mass is 16.5. The van der Waals surface area contributed by atoms with Gasteiger partial charge in [-0.2, -0.15) is 0 Å². The summed E-state index contributed by atoms with van der Waals surface area (Å²) in [6, 6.07) is 13.6. The van der Waals surface area contributed by atoms with Crippen LogP contribution in [0, 0.1) is 0 Å². The number of carbonyl (C=O) groups is 1. The largest absolute Gasteiger partial charge is 0.494 e. The Balaban J connectivity index is 1.87. The molecule has 1 heterocycles. The minimum atomic E-state index is -0.447. The van der Waals surface area contributed by atoms with Crippen LogP contribution in [0.15, 0.2) is 53.3 Å². The number of aromatic nitrogens is 2. The van der Waals surface area contributed by atoms with Crippen LogP contribution in [-0.2, 0) is 11.3 Å². The van der Waals surface area contributed by atoms with Gasteiger partial charge in [0.15, 0.2) is 0 Å². The molecular weight excluding hydrogens is 396 g/mol. The molecule has 0 aliphatic carbocycles. The van der Waals surface area contributed by atoms with Gasteiger partial charge in [0.25, 0.3) is 5.56 Å². The van der Waals surface area contributed by atoms with E-state index in [0.717, 1.165) is 5.75 Å². The normalized spacial score (nSPS) is 11.9. The molecule has 0 aliphatic rings. The van der Waals surface area contributed by atoms with Crippen LogP contribution >= 0.6 is 0 Å². The summed E-state index contributed by atoms with van der Waals surface area (Å²) in [6.07, 6.45) is 0. The van der Waals surface area contributed by atoms with E-state index in [-0.39, 0.29) is 11.6 Å². The summed E-state index contributed by atoms with van der Waals surface area (Å²) in [5.41, 5.74) is 1.10. The molecule has 1 aromatic heterocycles. The Bertz CT molecular complexity index is 1090. The predicted octanol–water partition coefficient (Wildman–Crippen LogP) is 3.67. The molecule has 8 heteroatoms. The number of urea groups is 1. The number of hydrogen-bond acceptors (Lipinski definition) is 5. The van der Waals surface area contributed by atoms with Crippen molar-refractivity contribution in [3.8, 4) is 5.75 Å². The highest BCUT2D eigenvalue weighted by Gasteiger charge is 2.23. The van der Waals surface area contributed by atoms with Gasteiger partial charge in [-0.25, -0.2) is 9.78 Å². The summed E-state index contributed by atoms with van der Waals surface area (Å²) in [6.45, 7) is 5.05. The van der Waals surface area contributed by atoms with Crippen molar-refractivity contribution in [1.82, 2.24) is 14.5 Å². The van der Waals surface area contributed by atoms with Crippen LogP contribution < -0.4 is 15.6 Å². The van der Waals surface area contributed by atoms with Crippen molar-refractivity contribution in [2.75, 3.05) is 32.7 Å². The van der Waals surface area contributed by atoms with Crippen molar-refractivity contribution in [1.29, 1.82) is 0 Å². The van der Waals surface area contributed by atoms with Crippen molar-refractivity contribution in [2.24, 2.45) is 0 Å². The third-order valence-electron chi connectivity index (χ3n) is 5.10. The fourth-order valence-corrected chi connectivity index (χ4v) is 3.26. The Kier molecular flexibility index (Phi) is 7.25. The quantitative estimate of drug-likeness (QED) is 0.596. The van der Waals surface area contributed by atoms with Gasteiger partial charge in [0.2, 0.25) is 0 Å². The summed E-state index contributed by atoms with van der Waals surface area (Å²) in [5.74, 6) is 1.25. The monoisotopic (exact) mass is 424 g/mol.